The fraction of sp³-hybridized carbons (Fsp3) is 0.300. The van der Waals surface area contributed by atoms with Crippen molar-refractivity contribution in [2.24, 2.45) is 0 Å². The first kappa shape index (κ1) is 10.4. The van der Waals surface area contributed by atoms with E-state index >= 15 is 0 Å². The number of hydrogen-bond donors (Lipinski definition) is 1. The molecule has 4 heteroatoms. The van der Waals surface area contributed by atoms with Gasteiger partial charge in [0.2, 0.25) is 5.91 Å². The molecule has 1 aromatic carbocycles. The van der Waals surface area contributed by atoms with E-state index in [1.165, 1.54) is 20.1 Å². The number of methoxy groups -OCH3 is 1. The molecule has 0 aliphatic rings. The topological polar surface area (TPSA) is 61.4 Å². The van der Waals surface area contributed by atoms with E-state index in [0.29, 0.717) is 12.3 Å². The van der Waals surface area contributed by atoms with E-state index in [9.17, 15) is 9.90 Å². The minimum absolute atomic E-state index is 0.102. The van der Waals surface area contributed by atoms with Gasteiger partial charge in [-0.25, -0.2) is 0 Å². The first-order valence-corrected chi connectivity index (χ1v) is 4.22. The Balaban J connectivity index is 2.74. The van der Waals surface area contributed by atoms with Gasteiger partial charge in [0.05, 0.1) is 7.11 Å². The molecular formula is C10H12NO3-. The van der Waals surface area contributed by atoms with Gasteiger partial charge >= 0.3 is 0 Å². The summed E-state index contributed by atoms with van der Waals surface area (Å²) in [4.78, 5) is 10.6. The van der Waals surface area contributed by atoms with Crippen LogP contribution in [0.5, 0.6) is 11.5 Å². The van der Waals surface area contributed by atoms with Gasteiger partial charge in [-0.15, -0.1) is 0 Å². The number of carbonyl (C=O) groups excluding carboxylic acids is 1. The molecule has 1 aromatic rings. The zero-order valence-electron chi connectivity index (χ0n) is 8.16. The summed E-state index contributed by atoms with van der Waals surface area (Å²) in [6.45, 7) is 1.85. The SMILES string of the molecule is COc1cc(CNC(C)=O)ccc1[O-]. The summed E-state index contributed by atoms with van der Waals surface area (Å²) in [6.07, 6.45) is 0. The average Bonchev–Trinajstić information content (AvgIpc) is 2.16. The summed E-state index contributed by atoms with van der Waals surface area (Å²) in [7, 11) is 1.44. The normalized spacial score (nSPS) is 9.57. The summed E-state index contributed by atoms with van der Waals surface area (Å²) in [5.41, 5.74) is 0.844. The Morgan fingerprint density at radius 1 is 1.57 bits per heavy atom. The van der Waals surface area contributed by atoms with Crippen LogP contribution in [0.3, 0.4) is 0 Å². The highest BCUT2D eigenvalue weighted by Crippen LogP contribution is 2.23. The summed E-state index contributed by atoms with van der Waals surface area (Å²) >= 11 is 0. The molecule has 0 unspecified atom stereocenters. The van der Waals surface area contributed by atoms with Crippen molar-refractivity contribution in [1.29, 1.82) is 0 Å². The van der Waals surface area contributed by atoms with Gasteiger partial charge in [-0.1, -0.05) is 17.9 Å². The maximum atomic E-state index is 11.1. The molecule has 0 aliphatic heterocycles. The van der Waals surface area contributed by atoms with Gasteiger partial charge in [0.1, 0.15) is 5.75 Å². The second-order valence-corrected chi connectivity index (χ2v) is 2.89. The van der Waals surface area contributed by atoms with Crippen LogP contribution in [0, 0.1) is 0 Å². The predicted octanol–water partition coefficient (Wildman–Crippen LogP) is 0.405. The fourth-order valence-corrected chi connectivity index (χ4v) is 1.05. The summed E-state index contributed by atoms with van der Waals surface area (Å²) < 4.78 is 4.87. The third-order valence-corrected chi connectivity index (χ3v) is 1.77. The highest BCUT2D eigenvalue weighted by molar-refractivity contribution is 5.72. The molecule has 0 aromatic heterocycles. The third-order valence-electron chi connectivity index (χ3n) is 1.77. The Morgan fingerprint density at radius 2 is 2.29 bits per heavy atom. The molecule has 76 valence electrons. The zero-order chi connectivity index (χ0) is 10.6. The molecule has 0 atom stereocenters. The van der Waals surface area contributed by atoms with E-state index < -0.39 is 0 Å². The van der Waals surface area contributed by atoms with Crippen LogP contribution in [0.25, 0.3) is 0 Å². The molecule has 0 fully saturated rings. The lowest BCUT2D eigenvalue weighted by Gasteiger charge is -2.13. The van der Waals surface area contributed by atoms with Crippen molar-refractivity contribution >= 4 is 5.91 Å². The molecule has 0 spiro atoms. The minimum Gasteiger partial charge on any atom is -0.870 e. The second kappa shape index (κ2) is 4.50. The predicted molar refractivity (Wildman–Crippen MR) is 50.0 cm³/mol. The van der Waals surface area contributed by atoms with Crippen molar-refractivity contribution in [3.8, 4) is 11.5 Å². The van der Waals surface area contributed by atoms with Gasteiger partial charge < -0.3 is 15.2 Å². The van der Waals surface area contributed by atoms with E-state index in [1.807, 2.05) is 0 Å². The minimum atomic E-state index is -0.154. The summed E-state index contributed by atoms with van der Waals surface area (Å²) in [5, 5.41) is 13.8. The molecule has 14 heavy (non-hydrogen) atoms. The number of benzene rings is 1. The quantitative estimate of drug-likeness (QED) is 0.757. The average molecular weight is 194 g/mol. The smallest absolute Gasteiger partial charge is 0.217 e. The van der Waals surface area contributed by atoms with Crippen LogP contribution in [0.1, 0.15) is 12.5 Å². The molecule has 0 saturated heterocycles. The van der Waals surface area contributed by atoms with Gasteiger partial charge in [0, 0.05) is 13.5 Å². The second-order valence-electron chi connectivity index (χ2n) is 2.89. The van der Waals surface area contributed by atoms with Crippen LogP contribution in [0.4, 0.5) is 0 Å². The number of rotatable bonds is 3. The molecule has 0 heterocycles. The molecule has 0 radical (unpaired) electrons. The van der Waals surface area contributed by atoms with E-state index in [4.69, 9.17) is 4.74 Å². The fourth-order valence-electron chi connectivity index (χ4n) is 1.05. The van der Waals surface area contributed by atoms with Gasteiger partial charge in [-0.05, 0) is 11.6 Å². The monoisotopic (exact) mass is 194 g/mol. The molecule has 0 saturated carbocycles. The standard InChI is InChI=1S/C10H13NO3/c1-7(12)11-6-8-3-4-9(13)10(5-8)14-2/h3-5,13H,6H2,1-2H3,(H,11,12)/p-1. The van der Waals surface area contributed by atoms with E-state index in [-0.39, 0.29) is 11.7 Å². The Kier molecular flexibility index (Phi) is 3.34. The van der Waals surface area contributed by atoms with Gasteiger partial charge in [-0.2, -0.15) is 0 Å². The largest absolute Gasteiger partial charge is 0.870 e. The van der Waals surface area contributed by atoms with Crippen LogP contribution < -0.4 is 15.2 Å². The maximum absolute atomic E-state index is 11.1. The molecule has 1 N–H and O–H groups in total. The Bertz CT molecular complexity index is 336. The molecule has 1 rings (SSSR count). The summed E-state index contributed by atoms with van der Waals surface area (Å²) in [5.74, 6) is 0.0436. The highest BCUT2D eigenvalue weighted by Gasteiger charge is 1.98. The van der Waals surface area contributed by atoms with Crippen LogP contribution in [0.2, 0.25) is 0 Å². The van der Waals surface area contributed by atoms with Crippen molar-refractivity contribution in [2.45, 2.75) is 13.5 Å². The van der Waals surface area contributed by atoms with Crippen LogP contribution in [-0.2, 0) is 11.3 Å². The molecular weight excluding hydrogens is 182 g/mol. The zero-order valence-corrected chi connectivity index (χ0v) is 8.16. The number of ether oxygens (including phenoxy) is 1. The molecule has 0 bridgehead atoms. The lowest BCUT2D eigenvalue weighted by atomic mass is 10.2. The molecule has 4 nitrogen and oxygen atoms in total. The van der Waals surface area contributed by atoms with Crippen molar-refractivity contribution < 1.29 is 14.6 Å². The first-order valence-electron chi connectivity index (χ1n) is 4.22. The number of hydrogen-bond acceptors (Lipinski definition) is 3. The third kappa shape index (κ3) is 2.65. The van der Waals surface area contributed by atoms with E-state index in [2.05, 4.69) is 5.32 Å². The van der Waals surface area contributed by atoms with Gasteiger partial charge in [0.15, 0.2) is 0 Å². The van der Waals surface area contributed by atoms with E-state index in [1.54, 1.807) is 12.1 Å². The van der Waals surface area contributed by atoms with Crippen LogP contribution >= 0.6 is 0 Å². The molecule has 0 aliphatic carbocycles. The van der Waals surface area contributed by atoms with Crippen molar-refractivity contribution in [3.63, 3.8) is 0 Å². The van der Waals surface area contributed by atoms with Crippen molar-refractivity contribution in [1.82, 2.24) is 5.32 Å². The van der Waals surface area contributed by atoms with Gasteiger partial charge in [0.25, 0.3) is 0 Å². The first-order chi connectivity index (χ1) is 6.63. The Labute approximate surface area is 82.5 Å². The number of carbonyl (C=O) groups is 1. The van der Waals surface area contributed by atoms with E-state index in [0.717, 1.165) is 5.56 Å². The highest BCUT2D eigenvalue weighted by atomic mass is 16.5. The Morgan fingerprint density at radius 3 is 2.86 bits per heavy atom. The lowest BCUT2D eigenvalue weighted by molar-refractivity contribution is -0.270. The Hall–Kier alpha value is -1.71. The van der Waals surface area contributed by atoms with Gasteiger partial charge in [-0.3, -0.25) is 4.79 Å². The van der Waals surface area contributed by atoms with Crippen LogP contribution in [-0.4, -0.2) is 13.0 Å². The number of amides is 1. The van der Waals surface area contributed by atoms with Crippen molar-refractivity contribution in [3.05, 3.63) is 23.8 Å². The number of nitrogens with one attached hydrogen (secondary N) is 1. The summed E-state index contributed by atoms with van der Waals surface area (Å²) in [6, 6.07) is 4.72. The lowest BCUT2D eigenvalue weighted by Crippen LogP contribution is -2.18. The van der Waals surface area contributed by atoms with Crippen molar-refractivity contribution in [2.75, 3.05) is 7.11 Å². The van der Waals surface area contributed by atoms with Crippen LogP contribution in [0.15, 0.2) is 18.2 Å². The maximum Gasteiger partial charge on any atom is 0.217 e. The molecule has 1 amide bonds.